The molecule has 1 N–H and O–H groups in total. The lowest BCUT2D eigenvalue weighted by molar-refractivity contribution is -0.113. The van der Waals surface area contributed by atoms with E-state index in [1.807, 2.05) is 49.6 Å². The van der Waals surface area contributed by atoms with Gasteiger partial charge in [0.15, 0.2) is 11.0 Å². The van der Waals surface area contributed by atoms with E-state index in [0.29, 0.717) is 23.4 Å². The van der Waals surface area contributed by atoms with Gasteiger partial charge in [0.2, 0.25) is 11.0 Å². The molecule has 10 heteroatoms. The number of nitrogens with zero attached hydrogens (tertiary/aromatic N) is 5. The number of aryl methyl sites for hydroxylation is 2. The lowest BCUT2D eigenvalue weighted by Crippen LogP contribution is -2.14. The monoisotopic (exact) mass is 418 g/mol. The maximum absolute atomic E-state index is 12.2. The summed E-state index contributed by atoms with van der Waals surface area (Å²) in [6, 6.07) is 7.86. The number of thioether (sulfide) groups is 1. The fourth-order valence-corrected chi connectivity index (χ4v) is 3.95. The molecule has 148 valence electrons. The van der Waals surface area contributed by atoms with E-state index in [2.05, 4.69) is 25.7 Å². The van der Waals surface area contributed by atoms with Crippen LogP contribution in [0.2, 0.25) is 0 Å². The minimum Gasteiger partial charge on any atom is -0.486 e. The van der Waals surface area contributed by atoms with Crippen molar-refractivity contribution in [3.8, 4) is 5.75 Å². The highest BCUT2D eigenvalue weighted by atomic mass is 32.2. The van der Waals surface area contributed by atoms with Crippen molar-refractivity contribution < 1.29 is 9.53 Å². The van der Waals surface area contributed by atoms with Crippen LogP contribution in [0, 0.1) is 6.92 Å². The van der Waals surface area contributed by atoms with Gasteiger partial charge in [0, 0.05) is 6.54 Å². The molecule has 3 aromatic rings. The topological polar surface area (TPSA) is 94.8 Å². The van der Waals surface area contributed by atoms with Crippen molar-refractivity contribution in [2.45, 2.75) is 45.5 Å². The Morgan fingerprint density at radius 3 is 2.82 bits per heavy atom. The second kappa shape index (κ2) is 9.65. The Morgan fingerprint density at radius 1 is 1.25 bits per heavy atom. The lowest BCUT2D eigenvalue weighted by Gasteiger charge is -2.09. The van der Waals surface area contributed by atoms with Gasteiger partial charge in [-0.3, -0.25) is 10.1 Å². The molecule has 0 saturated heterocycles. The van der Waals surface area contributed by atoms with Gasteiger partial charge in [-0.1, -0.05) is 42.2 Å². The van der Waals surface area contributed by atoms with Crippen LogP contribution in [0.3, 0.4) is 0 Å². The van der Waals surface area contributed by atoms with Crippen molar-refractivity contribution >= 4 is 34.1 Å². The molecule has 0 aliphatic rings. The summed E-state index contributed by atoms with van der Waals surface area (Å²) in [6.45, 7) is 7.05. The summed E-state index contributed by atoms with van der Waals surface area (Å²) >= 11 is 2.72. The quantitative estimate of drug-likeness (QED) is 0.533. The SMILES string of the molecule is CCc1nnc(NC(=O)CSc2nnc(COc3cccc(C)c3)n2CC)s1. The van der Waals surface area contributed by atoms with E-state index < -0.39 is 0 Å². The molecular formula is C18H22N6O2S2. The summed E-state index contributed by atoms with van der Waals surface area (Å²) in [4.78, 5) is 12.2. The van der Waals surface area contributed by atoms with Crippen molar-refractivity contribution in [1.82, 2.24) is 25.0 Å². The van der Waals surface area contributed by atoms with Crippen LogP contribution in [-0.2, 0) is 24.4 Å². The normalized spacial score (nSPS) is 10.8. The number of carbonyl (C=O) groups excluding carboxylic acids is 1. The van der Waals surface area contributed by atoms with Crippen LogP contribution in [0.25, 0.3) is 0 Å². The zero-order valence-corrected chi connectivity index (χ0v) is 17.6. The molecule has 2 heterocycles. The summed E-state index contributed by atoms with van der Waals surface area (Å²) < 4.78 is 7.77. The second-order valence-corrected chi connectivity index (χ2v) is 7.94. The lowest BCUT2D eigenvalue weighted by atomic mass is 10.2. The van der Waals surface area contributed by atoms with Crippen LogP contribution >= 0.6 is 23.1 Å². The zero-order chi connectivity index (χ0) is 19.9. The molecular weight excluding hydrogens is 396 g/mol. The van der Waals surface area contributed by atoms with Crippen LogP contribution in [0.1, 0.15) is 30.2 Å². The Balaban J connectivity index is 1.56. The number of benzene rings is 1. The molecule has 1 amide bonds. The van der Waals surface area contributed by atoms with Crippen LogP contribution < -0.4 is 10.1 Å². The number of ether oxygens (including phenoxy) is 1. The Morgan fingerprint density at radius 2 is 2.11 bits per heavy atom. The average Bonchev–Trinajstić information content (AvgIpc) is 3.30. The van der Waals surface area contributed by atoms with Crippen LogP contribution in [0.15, 0.2) is 29.4 Å². The van der Waals surface area contributed by atoms with E-state index in [4.69, 9.17) is 4.74 Å². The molecule has 28 heavy (non-hydrogen) atoms. The molecule has 0 aliphatic carbocycles. The van der Waals surface area contributed by atoms with Crippen LogP contribution in [0.5, 0.6) is 5.75 Å². The van der Waals surface area contributed by atoms with Crippen molar-refractivity contribution in [3.05, 3.63) is 40.7 Å². The first kappa shape index (κ1) is 20.3. The Hall–Kier alpha value is -2.46. The number of nitrogens with one attached hydrogen (secondary N) is 1. The molecule has 0 radical (unpaired) electrons. The predicted octanol–water partition coefficient (Wildman–Crippen LogP) is 3.33. The summed E-state index contributed by atoms with van der Waals surface area (Å²) in [5.74, 6) is 1.59. The Labute approximate surface area is 171 Å². The first-order valence-corrected chi connectivity index (χ1v) is 10.8. The third-order valence-electron chi connectivity index (χ3n) is 3.82. The van der Waals surface area contributed by atoms with E-state index in [0.717, 1.165) is 28.6 Å². The third kappa shape index (κ3) is 5.29. The number of anilines is 1. The van der Waals surface area contributed by atoms with E-state index in [1.54, 1.807) is 0 Å². The van der Waals surface area contributed by atoms with Crippen molar-refractivity contribution in [1.29, 1.82) is 0 Å². The zero-order valence-electron chi connectivity index (χ0n) is 16.0. The number of carbonyl (C=O) groups is 1. The number of amides is 1. The highest BCUT2D eigenvalue weighted by Crippen LogP contribution is 2.20. The molecule has 2 aromatic heterocycles. The van der Waals surface area contributed by atoms with E-state index in [-0.39, 0.29) is 11.7 Å². The molecule has 8 nitrogen and oxygen atoms in total. The molecule has 0 spiro atoms. The molecule has 0 aliphatic heterocycles. The first-order valence-electron chi connectivity index (χ1n) is 8.95. The molecule has 1 aromatic carbocycles. The number of hydrogen-bond acceptors (Lipinski definition) is 8. The third-order valence-corrected chi connectivity index (χ3v) is 5.76. The first-order chi connectivity index (χ1) is 13.6. The molecule has 0 fully saturated rings. The molecule has 0 saturated carbocycles. The molecule has 0 bridgehead atoms. The Bertz CT molecular complexity index is 940. The van der Waals surface area contributed by atoms with E-state index in [9.17, 15) is 4.79 Å². The van der Waals surface area contributed by atoms with Gasteiger partial charge in [-0.25, -0.2) is 0 Å². The summed E-state index contributed by atoms with van der Waals surface area (Å²) in [5, 5.41) is 21.2. The van der Waals surface area contributed by atoms with Gasteiger partial charge in [-0.05, 0) is 38.0 Å². The minimum absolute atomic E-state index is 0.146. The van der Waals surface area contributed by atoms with Crippen molar-refractivity contribution in [2.24, 2.45) is 0 Å². The van der Waals surface area contributed by atoms with Gasteiger partial charge in [-0.15, -0.1) is 20.4 Å². The number of aromatic nitrogens is 5. The fraction of sp³-hybridized carbons (Fsp3) is 0.389. The van der Waals surface area contributed by atoms with Gasteiger partial charge < -0.3 is 9.30 Å². The number of hydrogen-bond donors (Lipinski definition) is 1. The average molecular weight is 419 g/mol. The predicted molar refractivity (Wildman–Crippen MR) is 110 cm³/mol. The standard InChI is InChI=1S/C18H22N6O2S2/c1-4-16-21-22-17(28-16)19-15(25)11-27-18-23-20-14(24(18)5-2)10-26-13-8-6-7-12(3)9-13/h6-9H,4-5,10-11H2,1-3H3,(H,19,22,25). The van der Waals surface area contributed by atoms with Gasteiger partial charge in [-0.2, -0.15) is 0 Å². The van der Waals surface area contributed by atoms with Gasteiger partial charge >= 0.3 is 0 Å². The van der Waals surface area contributed by atoms with E-state index >= 15 is 0 Å². The summed E-state index contributed by atoms with van der Waals surface area (Å²) in [7, 11) is 0. The maximum atomic E-state index is 12.2. The van der Waals surface area contributed by atoms with Gasteiger partial charge in [0.1, 0.15) is 17.4 Å². The fourth-order valence-electron chi connectivity index (χ4n) is 2.44. The van der Waals surface area contributed by atoms with Crippen LogP contribution in [0.4, 0.5) is 5.13 Å². The van der Waals surface area contributed by atoms with Gasteiger partial charge in [0.25, 0.3) is 0 Å². The summed E-state index contributed by atoms with van der Waals surface area (Å²) in [5.41, 5.74) is 1.14. The van der Waals surface area contributed by atoms with Crippen LogP contribution in [-0.4, -0.2) is 36.6 Å². The molecule has 0 unspecified atom stereocenters. The van der Waals surface area contributed by atoms with E-state index in [1.165, 1.54) is 23.1 Å². The Kier molecular flexibility index (Phi) is 6.99. The smallest absolute Gasteiger partial charge is 0.236 e. The highest BCUT2D eigenvalue weighted by molar-refractivity contribution is 7.99. The second-order valence-electron chi connectivity index (χ2n) is 5.94. The number of rotatable bonds is 9. The molecule has 3 rings (SSSR count). The van der Waals surface area contributed by atoms with Gasteiger partial charge in [0.05, 0.1) is 5.75 Å². The summed E-state index contributed by atoms with van der Waals surface area (Å²) in [6.07, 6.45) is 0.801. The molecule has 0 atom stereocenters. The maximum Gasteiger partial charge on any atom is 0.236 e. The minimum atomic E-state index is -0.146. The highest BCUT2D eigenvalue weighted by Gasteiger charge is 2.14. The largest absolute Gasteiger partial charge is 0.486 e. The van der Waals surface area contributed by atoms with Crippen molar-refractivity contribution in [2.75, 3.05) is 11.1 Å². The van der Waals surface area contributed by atoms with Crippen molar-refractivity contribution in [3.63, 3.8) is 0 Å².